The second-order valence-corrected chi connectivity index (χ2v) is 4.99. The van der Waals surface area contributed by atoms with Crippen LogP contribution in [0.5, 0.6) is 11.5 Å². The maximum Gasteiger partial charge on any atom is 0.162 e. The summed E-state index contributed by atoms with van der Waals surface area (Å²) in [5.41, 5.74) is 1.68. The topological polar surface area (TPSA) is 35.5 Å². The highest BCUT2D eigenvalue weighted by molar-refractivity contribution is 7.98. The summed E-state index contributed by atoms with van der Waals surface area (Å²) in [6.07, 6.45) is 2.76. The molecule has 0 heterocycles. The number of carbonyl (C=O) groups is 1. The van der Waals surface area contributed by atoms with Crippen molar-refractivity contribution in [2.24, 2.45) is 0 Å². The van der Waals surface area contributed by atoms with Gasteiger partial charge in [0.25, 0.3) is 0 Å². The molecule has 0 aliphatic heterocycles. The lowest BCUT2D eigenvalue weighted by molar-refractivity contribution is 0.112. The van der Waals surface area contributed by atoms with E-state index in [1.54, 1.807) is 13.2 Å². The van der Waals surface area contributed by atoms with Gasteiger partial charge >= 0.3 is 0 Å². The first-order chi connectivity index (χ1) is 9.78. The van der Waals surface area contributed by atoms with E-state index in [1.807, 2.05) is 42.7 Å². The number of carbonyl (C=O) groups excluding carboxylic acids is 1. The predicted octanol–water partition coefficient (Wildman–Crippen LogP) is 3.81. The minimum atomic E-state index is 0.439. The van der Waals surface area contributed by atoms with E-state index in [2.05, 4.69) is 0 Å². The maximum absolute atomic E-state index is 11.1. The summed E-state index contributed by atoms with van der Waals surface area (Å²) in [6, 6.07) is 13.4. The molecule has 2 aromatic rings. The second-order valence-electron chi connectivity index (χ2n) is 4.14. The highest BCUT2D eigenvalue weighted by atomic mass is 32.2. The van der Waals surface area contributed by atoms with Crippen molar-refractivity contribution in [3.05, 3.63) is 53.6 Å². The molecule has 0 atom stereocenters. The molecule has 0 saturated carbocycles. The molecule has 4 heteroatoms. The fraction of sp³-hybridized carbons (Fsp3) is 0.188. The van der Waals surface area contributed by atoms with Crippen LogP contribution in [0.1, 0.15) is 15.9 Å². The van der Waals surface area contributed by atoms with Gasteiger partial charge in [-0.3, -0.25) is 4.79 Å². The Balaban J connectivity index is 2.24. The number of methoxy groups -OCH3 is 1. The molecule has 0 unspecified atom stereocenters. The van der Waals surface area contributed by atoms with Crippen LogP contribution in [0.15, 0.2) is 47.4 Å². The molecule has 0 N–H and O–H groups in total. The highest BCUT2D eigenvalue weighted by Crippen LogP contribution is 2.34. The normalized spacial score (nSPS) is 10.1. The molecular formula is C16H16O3S. The molecular weight excluding hydrogens is 272 g/mol. The Morgan fingerprint density at radius 1 is 1.15 bits per heavy atom. The average Bonchev–Trinajstić information content (AvgIpc) is 2.52. The Bertz CT molecular complexity index is 582. The number of ether oxygens (including phenoxy) is 2. The van der Waals surface area contributed by atoms with Crippen LogP contribution in [-0.4, -0.2) is 19.7 Å². The zero-order chi connectivity index (χ0) is 14.4. The Kier molecular flexibility index (Phi) is 5.07. The highest BCUT2D eigenvalue weighted by Gasteiger charge is 2.11. The van der Waals surface area contributed by atoms with Crippen LogP contribution in [-0.2, 0) is 6.61 Å². The lowest BCUT2D eigenvalue weighted by Gasteiger charge is -2.13. The summed E-state index contributed by atoms with van der Waals surface area (Å²) < 4.78 is 11.1. The molecule has 0 bridgehead atoms. The van der Waals surface area contributed by atoms with Gasteiger partial charge in [0, 0.05) is 10.5 Å². The van der Waals surface area contributed by atoms with Gasteiger partial charge in [0.05, 0.1) is 7.11 Å². The Morgan fingerprint density at radius 2 is 1.90 bits per heavy atom. The quantitative estimate of drug-likeness (QED) is 0.598. The Morgan fingerprint density at radius 3 is 2.50 bits per heavy atom. The number of aldehydes is 1. The van der Waals surface area contributed by atoms with Crippen molar-refractivity contribution in [3.8, 4) is 11.5 Å². The van der Waals surface area contributed by atoms with Crippen molar-refractivity contribution in [2.75, 3.05) is 13.4 Å². The van der Waals surface area contributed by atoms with Crippen LogP contribution in [0.4, 0.5) is 0 Å². The monoisotopic (exact) mass is 288 g/mol. The van der Waals surface area contributed by atoms with E-state index in [4.69, 9.17) is 9.47 Å². The van der Waals surface area contributed by atoms with Crippen LogP contribution in [0.2, 0.25) is 0 Å². The van der Waals surface area contributed by atoms with Gasteiger partial charge in [-0.2, -0.15) is 0 Å². The first kappa shape index (κ1) is 14.5. The molecule has 2 aromatic carbocycles. The van der Waals surface area contributed by atoms with Crippen molar-refractivity contribution >= 4 is 18.0 Å². The molecule has 104 valence electrons. The van der Waals surface area contributed by atoms with Gasteiger partial charge in [-0.25, -0.2) is 0 Å². The van der Waals surface area contributed by atoms with Crippen LogP contribution in [0.25, 0.3) is 0 Å². The summed E-state index contributed by atoms with van der Waals surface area (Å²) in [5, 5.41) is 0. The van der Waals surface area contributed by atoms with Gasteiger partial charge < -0.3 is 9.47 Å². The van der Waals surface area contributed by atoms with E-state index >= 15 is 0 Å². The number of hydrogen-bond donors (Lipinski definition) is 0. The van der Waals surface area contributed by atoms with E-state index in [0.717, 1.165) is 16.7 Å². The summed E-state index contributed by atoms with van der Waals surface area (Å²) >= 11 is 1.51. The van der Waals surface area contributed by atoms with Gasteiger partial charge in [0.15, 0.2) is 17.8 Å². The smallest absolute Gasteiger partial charge is 0.162 e. The Hall–Kier alpha value is -1.94. The maximum atomic E-state index is 11.1. The number of rotatable bonds is 6. The number of benzene rings is 2. The molecule has 0 spiro atoms. The molecule has 3 nitrogen and oxygen atoms in total. The molecule has 0 aliphatic carbocycles. The summed E-state index contributed by atoms with van der Waals surface area (Å²) in [4.78, 5) is 12.0. The largest absolute Gasteiger partial charge is 0.493 e. The molecule has 2 rings (SSSR count). The second kappa shape index (κ2) is 7.01. The fourth-order valence-electron chi connectivity index (χ4n) is 1.83. The van der Waals surface area contributed by atoms with E-state index in [0.29, 0.717) is 23.7 Å². The van der Waals surface area contributed by atoms with E-state index in [9.17, 15) is 4.79 Å². The third-order valence-corrected chi connectivity index (χ3v) is 3.67. The van der Waals surface area contributed by atoms with Crippen LogP contribution in [0, 0.1) is 0 Å². The molecule has 0 amide bonds. The molecule has 0 fully saturated rings. The molecule has 20 heavy (non-hydrogen) atoms. The van der Waals surface area contributed by atoms with Crippen LogP contribution < -0.4 is 9.47 Å². The first-order valence-electron chi connectivity index (χ1n) is 6.16. The number of thioether (sulfide) groups is 1. The fourth-order valence-corrected chi connectivity index (χ4v) is 2.40. The zero-order valence-corrected chi connectivity index (χ0v) is 12.3. The average molecular weight is 288 g/mol. The lowest BCUT2D eigenvalue weighted by Crippen LogP contribution is -1.99. The van der Waals surface area contributed by atoms with E-state index in [-0.39, 0.29) is 0 Å². The summed E-state index contributed by atoms with van der Waals surface area (Å²) in [7, 11) is 1.59. The van der Waals surface area contributed by atoms with Gasteiger partial charge in [0.1, 0.15) is 6.61 Å². The standard InChI is InChI=1S/C16H16O3S/c1-18-14-9-16(20-2)13(10-17)8-15(14)19-11-12-6-4-3-5-7-12/h3-10H,11H2,1-2H3. The predicted molar refractivity (Wildman–Crippen MR) is 80.9 cm³/mol. The number of hydrogen-bond acceptors (Lipinski definition) is 4. The lowest BCUT2D eigenvalue weighted by atomic mass is 10.2. The van der Waals surface area contributed by atoms with Crippen LogP contribution >= 0.6 is 11.8 Å². The molecule has 0 saturated heterocycles. The third-order valence-electron chi connectivity index (χ3n) is 2.88. The van der Waals surface area contributed by atoms with Crippen LogP contribution in [0.3, 0.4) is 0 Å². The SMILES string of the molecule is COc1cc(SC)c(C=O)cc1OCc1ccccc1. The molecule has 0 radical (unpaired) electrons. The first-order valence-corrected chi connectivity index (χ1v) is 7.39. The van der Waals surface area contributed by atoms with Crippen molar-refractivity contribution in [2.45, 2.75) is 11.5 Å². The van der Waals surface area contributed by atoms with Crippen molar-refractivity contribution < 1.29 is 14.3 Å². The van der Waals surface area contributed by atoms with Crippen molar-refractivity contribution in [3.63, 3.8) is 0 Å². The minimum Gasteiger partial charge on any atom is -0.493 e. The Labute approximate surface area is 122 Å². The summed E-state index contributed by atoms with van der Waals surface area (Å²) in [6.45, 7) is 0.439. The van der Waals surface area contributed by atoms with Crippen molar-refractivity contribution in [1.82, 2.24) is 0 Å². The summed E-state index contributed by atoms with van der Waals surface area (Å²) in [5.74, 6) is 1.21. The zero-order valence-electron chi connectivity index (χ0n) is 11.5. The van der Waals surface area contributed by atoms with E-state index < -0.39 is 0 Å². The van der Waals surface area contributed by atoms with Gasteiger partial charge in [0.2, 0.25) is 0 Å². The molecule has 0 aliphatic rings. The third kappa shape index (κ3) is 3.33. The minimum absolute atomic E-state index is 0.439. The van der Waals surface area contributed by atoms with Gasteiger partial charge in [-0.05, 0) is 24.0 Å². The van der Waals surface area contributed by atoms with E-state index in [1.165, 1.54) is 11.8 Å². The molecule has 0 aromatic heterocycles. The van der Waals surface area contributed by atoms with Crippen molar-refractivity contribution in [1.29, 1.82) is 0 Å². The van der Waals surface area contributed by atoms with Gasteiger partial charge in [-0.1, -0.05) is 30.3 Å². The van der Waals surface area contributed by atoms with Gasteiger partial charge in [-0.15, -0.1) is 11.8 Å².